The maximum absolute atomic E-state index is 11.7. The molecule has 0 atom stereocenters. The standard InChI is InChI=1S/C10H15N3O2/c1-6-4-7(2)13(5-8(14)12-3)10(15)9(6)11/h4H,5,11H2,1-3H3,(H,12,14). The zero-order valence-electron chi connectivity index (χ0n) is 9.13. The first-order valence-electron chi connectivity index (χ1n) is 4.64. The van der Waals surface area contributed by atoms with Gasteiger partial charge in [0, 0.05) is 12.7 Å². The molecule has 0 bridgehead atoms. The smallest absolute Gasteiger partial charge is 0.274 e. The number of aromatic nitrogens is 1. The Hall–Kier alpha value is -1.78. The van der Waals surface area contributed by atoms with Crippen LogP contribution in [0.5, 0.6) is 0 Å². The van der Waals surface area contributed by atoms with Crippen molar-refractivity contribution in [2.45, 2.75) is 20.4 Å². The van der Waals surface area contributed by atoms with Gasteiger partial charge in [-0.2, -0.15) is 0 Å². The highest BCUT2D eigenvalue weighted by atomic mass is 16.2. The molecule has 0 radical (unpaired) electrons. The molecule has 0 aliphatic rings. The second kappa shape index (κ2) is 4.16. The van der Waals surface area contributed by atoms with E-state index in [1.165, 1.54) is 11.6 Å². The number of likely N-dealkylation sites (N-methyl/N-ethyl adjacent to an activating group) is 1. The summed E-state index contributed by atoms with van der Waals surface area (Å²) in [6.45, 7) is 3.55. The number of carbonyl (C=O) groups is 1. The van der Waals surface area contributed by atoms with E-state index in [2.05, 4.69) is 5.32 Å². The van der Waals surface area contributed by atoms with Gasteiger partial charge in [-0.1, -0.05) is 0 Å². The number of hydrogen-bond donors (Lipinski definition) is 2. The minimum Gasteiger partial charge on any atom is -0.394 e. The van der Waals surface area contributed by atoms with Crippen LogP contribution in [0.2, 0.25) is 0 Å². The number of amides is 1. The van der Waals surface area contributed by atoms with E-state index in [0.29, 0.717) is 0 Å². The normalized spacial score (nSPS) is 10.1. The minimum absolute atomic E-state index is 0.00560. The predicted molar refractivity (Wildman–Crippen MR) is 58.7 cm³/mol. The lowest BCUT2D eigenvalue weighted by molar-refractivity contribution is -0.121. The van der Waals surface area contributed by atoms with Crippen LogP contribution in [0.1, 0.15) is 11.3 Å². The van der Waals surface area contributed by atoms with E-state index in [1.807, 2.05) is 0 Å². The largest absolute Gasteiger partial charge is 0.394 e. The first kappa shape index (κ1) is 11.3. The number of carbonyl (C=O) groups excluding carboxylic acids is 1. The van der Waals surface area contributed by atoms with Crippen LogP contribution in [0.25, 0.3) is 0 Å². The first-order valence-corrected chi connectivity index (χ1v) is 4.64. The lowest BCUT2D eigenvalue weighted by atomic mass is 10.2. The van der Waals surface area contributed by atoms with E-state index >= 15 is 0 Å². The molecular weight excluding hydrogens is 194 g/mol. The fourth-order valence-corrected chi connectivity index (χ4v) is 1.36. The maximum Gasteiger partial charge on any atom is 0.274 e. The van der Waals surface area contributed by atoms with Gasteiger partial charge in [0.1, 0.15) is 12.2 Å². The van der Waals surface area contributed by atoms with Gasteiger partial charge in [-0.05, 0) is 25.5 Å². The van der Waals surface area contributed by atoms with E-state index in [0.717, 1.165) is 11.3 Å². The van der Waals surface area contributed by atoms with Crippen LogP contribution in [0.3, 0.4) is 0 Å². The van der Waals surface area contributed by atoms with Crippen molar-refractivity contribution in [3.63, 3.8) is 0 Å². The van der Waals surface area contributed by atoms with Crippen LogP contribution in [-0.2, 0) is 11.3 Å². The van der Waals surface area contributed by atoms with Gasteiger partial charge in [0.25, 0.3) is 5.56 Å². The third kappa shape index (κ3) is 2.18. The molecular formula is C10H15N3O2. The summed E-state index contributed by atoms with van der Waals surface area (Å²) in [6.07, 6.45) is 0. The summed E-state index contributed by atoms with van der Waals surface area (Å²) in [6, 6.07) is 1.79. The summed E-state index contributed by atoms with van der Waals surface area (Å²) in [5.74, 6) is -0.219. The topological polar surface area (TPSA) is 77.1 Å². The van der Waals surface area contributed by atoms with Crippen LogP contribution in [-0.4, -0.2) is 17.5 Å². The zero-order valence-corrected chi connectivity index (χ0v) is 9.13. The van der Waals surface area contributed by atoms with Crippen molar-refractivity contribution in [2.24, 2.45) is 0 Å². The summed E-state index contributed by atoms with van der Waals surface area (Å²) >= 11 is 0. The highest BCUT2D eigenvalue weighted by Crippen LogP contribution is 2.06. The fourth-order valence-electron chi connectivity index (χ4n) is 1.36. The number of hydrogen-bond acceptors (Lipinski definition) is 3. The number of nitrogens with zero attached hydrogens (tertiary/aromatic N) is 1. The average molecular weight is 209 g/mol. The fraction of sp³-hybridized carbons (Fsp3) is 0.400. The molecule has 1 heterocycles. The molecule has 0 spiro atoms. The second-order valence-electron chi connectivity index (χ2n) is 3.45. The van der Waals surface area contributed by atoms with E-state index in [4.69, 9.17) is 5.73 Å². The summed E-state index contributed by atoms with van der Waals surface area (Å²) in [5, 5.41) is 2.46. The first-order chi connectivity index (χ1) is 6.97. The van der Waals surface area contributed by atoms with Crippen molar-refractivity contribution in [3.05, 3.63) is 27.7 Å². The zero-order chi connectivity index (χ0) is 11.6. The van der Waals surface area contributed by atoms with Gasteiger partial charge in [-0.25, -0.2) is 0 Å². The van der Waals surface area contributed by atoms with Crippen LogP contribution >= 0.6 is 0 Å². The highest BCUT2D eigenvalue weighted by molar-refractivity contribution is 5.75. The Balaban J connectivity index is 3.24. The van der Waals surface area contributed by atoms with Gasteiger partial charge in [-0.15, -0.1) is 0 Å². The lowest BCUT2D eigenvalue weighted by Crippen LogP contribution is -2.32. The quantitative estimate of drug-likeness (QED) is 0.707. The molecule has 5 heteroatoms. The van der Waals surface area contributed by atoms with Gasteiger partial charge < -0.3 is 15.6 Å². The number of pyridine rings is 1. The summed E-state index contributed by atoms with van der Waals surface area (Å²) in [7, 11) is 1.53. The van der Waals surface area contributed by atoms with Gasteiger partial charge >= 0.3 is 0 Å². The second-order valence-corrected chi connectivity index (χ2v) is 3.45. The molecule has 3 N–H and O–H groups in total. The maximum atomic E-state index is 11.7. The van der Waals surface area contributed by atoms with Gasteiger partial charge in [0.15, 0.2) is 0 Å². The van der Waals surface area contributed by atoms with Gasteiger partial charge in [-0.3, -0.25) is 9.59 Å². The minimum atomic E-state index is -0.309. The Morgan fingerprint density at radius 3 is 2.67 bits per heavy atom. The number of rotatable bonds is 2. The average Bonchev–Trinajstić information content (AvgIpc) is 2.21. The van der Waals surface area contributed by atoms with E-state index < -0.39 is 0 Å². The molecule has 1 aromatic rings. The third-order valence-electron chi connectivity index (χ3n) is 2.33. The van der Waals surface area contributed by atoms with Gasteiger partial charge in [0.05, 0.1) is 0 Å². The van der Waals surface area contributed by atoms with E-state index in [9.17, 15) is 9.59 Å². The molecule has 0 aromatic carbocycles. The van der Waals surface area contributed by atoms with Crippen molar-refractivity contribution < 1.29 is 4.79 Å². The van der Waals surface area contributed by atoms with E-state index in [-0.39, 0.29) is 23.7 Å². The monoisotopic (exact) mass is 209 g/mol. The van der Waals surface area contributed by atoms with Crippen molar-refractivity contribution >= 4 is 11.6 Å². The molecule has 1 rings (SSSR count). The molecule has 0 aliphatic carbocycles. The summed E-state index contributed by atoms with van der Waals surface area (Å²) in [4.78, 5) is 22.9. The van der Waals surface area contributed by atoms with Gasteiger partial charge in [0.2, 0.25) is 5.91 Å². The predicted octanol–water partition coefficient (Wildman–Crippen LogP) is -0.207. The molecule has 0 unspecified atom stereocenters. The Morgan fingerprint density at radius 2 is 2.13 bits per heavy atom. The van der Waals surface area contributed by atoms with Crippen LogP contribution in [0.15, 0.2) is 10.9 Å². The molecule has 82 valence electrons. The molecule has 5 nitrogen and oxygen atoms in total. The Bertz CT molecular complexity index is 449. The SMILES string of the molecule is CNC(=O)Cn1c(C)cc(C)c(N)c1=O. The molecule has 1 amide bonds. The summed E-state index contributed by atoms with van der Waals surface area (Å²) in [5.41, 5.74) is 6.97. The van der Waals surface area contributed by atoms with Crippen molar-refractivity contribution in [3.8, 4) is 0 Å². The van der Waals surface area contributed by atoms with Crippen molar-refractivity contribution in [1.82, 2.24) is 9.88 Å². The highest BCUT2D eigenvalue weighted by Gasteiger charge is 2.09. The molecule has 0 saturated heterocycles. The van der Waals surface area contributed by atoms with Crippen LogP contribution < -0.4 is 16.6 Å². The Labute approximate surface area is 87.9 Å². The van der Waals surface area contributed by atoms with Crippen LogP contribution in [0, 0.1) is 13.8 Å². The third-order valence-corrected chi connectivity index (χ3v) is 2.33. The van der Waals surface area contributed by atoms with E-state index in [1.54, 1.807) is 19.9 Å². The molecule has 0 fully saturated rings. The van der Waals surface area contributed by atoms with Crippen LogP contribution in [0.4, 0.5) is 5.69 Å². The number of nitrogens with two attached hydrogens (primary N) is 1. The number of nitrogens with one attached hydrogen (secondary N) is 1. The molecule has 1 aromatic heterocycles. The number of anilines is 1. The summed E-state index contributed by atoms with van der Waals surface area (Å²) < 4.78 is 1.36. The lowest BCUT2D eigenvalue weighted by Gasteiger charge is -2.11. The molecule has 0 saturated carbocycles. The van der Waals surface area contributed by atoms with Crippen molar-refractivity contribution in [2.75, 3.05) is 12.8 Å². The Morgan fingerprint density at radius 1 is 1.53 bits per heavy atom. The number of nitrogen functional groups attached to an aromatic ring is 1. The molecule has 0 aliphatic heterocycles. The Kier molecular flexibility index (Phi) is 3.14. The molecule has 15 heavy (non-hydrogen) atoms. The van der Waals surface area contributed by atoms with Crippen molar-refractivity contribution in [1.29, 1.82) is 0 Å². The number of aryl methyl sites for hydroxylation is 2.